The first-order chi connectivity index (χ1) is 17.4. The van der Waals surface area contributed by atoms with Gasteiger partial charge in [0.25, 0.3) is 0 Å². The third-order valence-electron chi connectivity index (χ3n) is 4.95. The van der Waals surface area contributed by atoms with Crippen LogP contribution in [-0.4, -0.2) is 36.0 Å². The molecule has 0 saturated heterocycles. The van der Waals surface area contributed by atoms with Crippen LogP contribution in [0.2, 0.25) is 5.02 Å². The molecule has 0 spiro atoms. The van der Waals surface area contributed by atoms with Gasteiger partial charge in [-0.3, -0.25) is 14.6 Å². The van der Waals surface area contributed by atoms with Crippen molar-refractivity contribution in [1.82, 2.24) is 9.97 Å². The Morgan fingerprint density at radius 3 is 2.22 bits per heavy atom. The van der Waals surface area contributed by atoms with Crippen molar-refractivity contribution in [2.24, 2.45) is 0 Å². The minimum Gasteiger partial charge on any atom is -0.493 e. The van der Waals surface area contributed by atoms with Gasteiger partial charge in [-0.1, -0.05) is 11.6 Å². The molecule has 9 nitrogen and oxygen atoms in total. The minimum atomic E-state index is -0.581. The Hall–Kier alpha value is -4.44. The lowest BCUT2D eigenvalue weighted by atomic mass is 10.2. The molecule has 184 valence electrons. The molecule has 0 aliphatic rings. The molecule has 36 heavy (non-hydrogen) atoms. The summed E-state index contributed by atoms with van der Waals surface area (Å²) in [5.41, 5.74) is 1.27. The summed E-state index contributed by atoms with van der Waals surface area (Å²) < 4.78 is 29.6. The second-order valence-electron chi connectivity index (χ2n) is 7.43. The number of amides is 2. The van der Waals surface area contributed by atoms with Crippen molar-refractivity contribution < 1.29 is 28.2 Å². The molecule has 0 saturated carbocycles. The van der Waals surface area contributed by atoms with Crippen molar-refractivity contribution in [3.05, 3.63) is 71.8 Å². The lowest BCUT2D eigenvalue weighted by molar-refractivity contribution is -0.123. The van der Waals surface area contributed by atoms with Crippen LogP contribution >= 0.6 is 11.6 Å². The van der Waals surface area contributed by atoms with Crippen LogP contribution in [0.15, 0.2) is 60.9 Å². The molecule has 0 aliphatic carbocycles. The number of pyridine rings is 2. The zero-order chi connectivity index (χ0) is 25.7. The monoisotopic (exact) mass is 510 g/mol. The quantitative estimate of drug-likeness (QED) is 0.313. The van der Waals surface area contributed by atoms with Gasteiger partial charge in [0.05, 0.1) is 31.6 Å². The maximum absolute atomic E-state index is 13.0. The molecule has 2 aromatic heterocycles. The Morgan fingerprint density at radius 2 is 1.56 bits per heavy atom. The third kappa shape index (κ3) is 5.78. The van der Waals surface area contributed by atoms with Crippen molar-refractivity contribution >= 4 is 45.7 Å². The van der Waals surface area contributed by atoms with Crippen molar-refractivity contribution in [3.63, 3.8) is 0 Å². The van der Waals surface area contributed by atoms with Gasteiger partial charge in [-0.05, 0) is 42.5 Å². The van der Waals surface area contributed by atoms with Crippen molar-refractivity contribution in [3.8, 4) is 23.1 Å². The second kappa shape index (κ2) is 10.9. The van der Waals surface area contributed by atoms with Gasteiger partial charge >= 0.3 is 0 Å². The zero-order valence-corrected chi connectivity index (χ0v) is 19.9. The number of hydrogen-bond donors (Lipinski definition) is 2. The number of methoxy groups -OCH3 is 2. The maximum Gasteiger partial charge on any atom is 0.238 e. The molecular formula is C25H20ClFN4O5. The van der Waals surface area contributed by atoms with E-state index in [2.05, 4.69) is 20.6 Å². The molecule has 2 N–H and O–H groups in total. The van der Waals surface area contributed by atoms with Gasteiger partial charge in [0, 0.05) is 23.3 Å². The molecule has 0 bridgehead atoms. The normalized spacial score (nSPS) is 10.6. The number of rotatable bonds is 8. The van der Waals surface area contributed by atoms with E-state index in [9.17, 15) is 14.0 Å². The number of fused-ring (bicyclic) bond motifs is 1. The van der Waals surface area contributed by atoms with E-state index in [0.29, 0.717) is 33.8 Å². The Labute approximate surface area is 210 Å². The van der Waals surface area contributed by atoms with Crippen LogP contribution in [0.25, 0.3) is 10.9 Å². The number of halogens is 2. The number of hydrogen-bond acceptors (Lipinski definition) is 7. The Morgan fingerprint density at radius 1 is 0.889 bits per heavy atom. The topological polar surface area (TPSA) is 112 Å². The van der Waals surface area contributed by atoms with E-state index in [1.807, 2.05) is 0 Å². The van der Waals surface area contributed by atoms with E-state index in [0.717, 1.165) is 0 Å². The SMILES string of the molecule is COc1cc2nccc(Oc3ncc(NC(=O)CC(=O)Nc4ccc(F)cc4)cc3Cl)c2cc1OC. The first-order valence-corrected chi connectivity index (χ1v) is 10.9. The first kappa shape index (κ1) is 24.7. The van der Waals surface area contributed by atoms with E-state index in [-0.39, 0.29) is 16.6 Å². The molecule has 0 unspecified atom stereocenters. The number of anilines is 2. The van der Waals surface area contributed by atoms with E-state index < -0.39 is 24.1 Å². The van der Waals surface area contributed by atoms with Crippen LogP contribution in [0, 0.1) is 5.82 Å². The van der Waals surface area contributed by atoms with Crippen LogP contribution in [0.3, 0.4) is 0 Å². The fourth-order valence-electron chi connectivity index (χ4n) is 3.30. The number of carbonyl (C=O) groups excluding carboxylic acids is 2. The molecule has 2 amide bonds. The van der Waals surface area contributed by atoms with Gasteiger partial charge < -0.3 is 24.8 Å². The highest BCUT2D eigenvalue weighted by Gasteiger charge is 2.15. The molecule has 0 fully saturated rings. The summed E-state index contributed by atoms with van der Waals surface area (Å²) in [7, 11) is 3.06. The highest BCUT2D eigenvalue weighted by atomic mass is 35.5. The van der Waals surface area contributed by atoms with Crippen LogP contribution in [0.1, 0.15) is 6.42 Å². The highest BCUT2D eigenvalue weighted by Crippen LogP contribution is 2.38. The second-order valence-corrected chi connectivity index (χ2v) is 7.83. The largest absolute Gasteiger partial charge is 0.493 e. The highest BCUT2D eigenvalue weighted by molar-refractivity contribution is 6.32. The molecule has 4 rings (SSSR count). The van der Waals surface area contributed by atoms with Gasteiger partial charge in [0.15, 0.2) is 11.5 Å². The van der Waals surface area contributed by atoms with Gasteiger partial charge in [-0.2, -0.15) is 0 Å². The molecule has 0 radical (unpaired) electrons. The average molecular weight is 511 g/mol. The zero-order valence-electron chi connectivity index (χ0n) is 19.2. The smallest absolute Gasteiger partial charge is 0.238 e. The lowest BCUT2D eigenvalue weighted by Gasteiger charge is -2.13. The predicted molar refractivity (Wildman–Crippen MR) is 132 cm³/mol. The summed E-state index contributed by atoms with van der Waals surface area (Å²) in [6.07, 6.45) is 2.47. The van der Waals surface area contributed by atoms with Crippen molar-refractivity contribution in [1.29, 1.82) is 0 Å². The van der Waals surface area contributed by atoms with Crippen LogP contribution in [-0.2, 0) is 9.59 Å². The minimum absolute atomic E-state index is 0.103. The van der Waals surface area contributed by atoms with Gasteiger partial charge in [0.2, 0.25) is 17.7 Å². The predicted octanol–water partition coefficient (Wildman–Crippen LogP) is 5.20. The summed E-state index contributed by atoms with van der Waals surface area (Å²) in [5.74, 6) is -0.00651. The number of aromatic nitrogens is 2. The number of nitrogens with zero attached hydrogens (tertiary/aromatic N) is 2. The van der Waals surface area contributed by atoms with Crippen LogP contribution in [0.5, 0.6) is 23.1 Å². The molecule has 0 atom stereocenters. The lowest BCUT2D eigenvalue weighted by Crippen LogP contribution is -2.21. The van der Waals surface area contributed by atoms with Crippen LogP contribution in [0.4, 0.5) is 15.8 Å². The number of carbonyl (C=O) groups is 2. The van der Waals surface area contributed by atoms with Gasteiger partial charge in [0.1, 0.15) is 23.0 Å². The van der Waals surface area contributed by atoms with Gasteiger partial charge in [-0.25, -0.2) is 9.37 Å². The molecule has 11 heteroatoms. The maximum atomic E-state index is 13.0. The third-order valence-corrected chi connectivity index (χ3v) is 5.22. The fraction of sp³-hybridized carbons (Fsp3) is 0.120. The molecule has 0 aliphatic heterocycles. The van der Waals surface area contributed by atoms with E-state index in [1.165, 1.54) is 50.7 Å². The van der Waals surface area contributed by atoms with Crippen molar-refractivity contribution in [2.75, 3.05) is 24.9 Å². The number of nitrogens with one attached hydrogen (secondary N) is 2. The first-order valence-electron chi connectivity index (χ1n) is 10.6. The molecular weight excluding hydrogens is 491 g/mol. The standard InChI is InChI=1S/C25H20ClFN4O5/c1-34-21-10-17-19(11-22(21)35-2)28-8-7-20(17)36-25-18(26)9-16(13-29-25)31-24(33)12-23(32)30-15-5-3-14(27)4-6-15/h3-11,13H,12H2,1-2H3,(H,30,32)(H,31,33). The summed E-state index contributed by atoms with van der Waals surface area (Å²) in [6, 6.07) is 11.8. The summed E-state index contributed by atoms with van der Waals surface area (Å²) >= 11 is 6.34. The van der Waals surface area contributed by atoms with Crippen molar-refractivity contribution in [2.45, 2.75) is 6.42 Å². The van der Waals surface area contributed by atoms with Crippen LogP contribution < -0.4 is 24.8 Å². The summed E-state index contributed by atoms with van der Waals surface area (Å²) in [6.45, 7) is 0. The Kier molecular flexibility index (Phi) is 7.45. The van der Waals surface area contributed by atoms with E-state index in [1.54, 1.807) is 24.4 Å². The summed E-state index contributed by atoms with van der Waals surface area (Å²) in [5, 5.41) is 5.85. The Bertz CT molecular complexity index is 1430. The van der Waals surface area contributed by atoms with E-state index in [4.69, 9.17) is 25.8 Å². The average Bonchev–Trinajstić information content (AvgIpc) is 2.86. The molecule has 2 aromatic carbocycles. The number of benzene rings is 2. The van der Waals surface area contributed by atoms with Gasteiger partial charge in [-0.15, -0.1) is 0 Å². The Balaban J connectivity index is 1.44. The van der Waals surface area contributed by atoms with E-state index >= 15 is 0 Å². The molecule has 2 heterocycles. The fourth-order valence-corrected chi connectivity index (χ4v) is 3.50. The number of ether oxygens (including phenoxy) is 3. The summed E-state index contributed by atoms with van der Waals surface area (Å²) in [4.78, 5) is 32.8. The molecule has 4 aromatic rings.